The number of alkyl halides is 3. The van der Waals surface area contributed by atoms with E-state index in [1.807, 2.05) is 24.3 Å². The summed E-state index contributed by atoms with van der Waals surface area (Å²) in [5.74, 6) is -0.0766. The first-order chi connectivity index (χ1) is 13.6. The molecule has 3 rings (SSSR count). The van der Waals surface area contributed by atoms with Crippen LogP contribution in [0.2, 0.25) is 5.02 Å². The van der Waals surface area contributed by atoms with Gasteiger partial charge in [-0.3, -0.25) is 4.79 Å². The molecule has 0 spiro atoms. The molecule has 0 bridgehead atoms. The van der Waals surface area contributed by atoms with Crippen LogP contribution in [0.25, 0.3) is 11.4 Å². The number of halogens is 4. The van der Waals surface area contributed by atoms with Crippen LogP contribution in [0.4, 0.5) is 18.9 Å². The lowest BCUT2D eigenvalue weighted by atomic mass is 10.0. The van der Waals surface area contributed by atoms with E-state index in [1.54, 1.807) is 0 Å². The summed E-state index contributed by atoms with van der Waals surface area (Å²) in [6, 6.07) is 10.9. The fourth-order valence-corrected chi connectivity index (χ4v) is 2.86. The molecule has 1 aromatic heterocycles. The Morgan fingerprint density at radius 2 is 1.86 bits per heavy atom. The Balaban J connectivity index is 1.73. The Labute approximate surface area is 169 Å². The fourth-order valence-electron chi connectivity index (χ4n) is 2.64. The number of hydrogen-bond donors (Lipinski definition) is 1. The standard InChI is InChI=1S/C19H17ClF3N5O/c1-11(2)12-6-8-13(9-7-12)18-25-27-28(26-18)10-16(29)24-17-14(19(21,22)23)4-3-5-15(17)20/h3-9,11H,10H2,1-2H3,(H,24,29). The number of rotatable bonds is 5. The molecule has 0 radical (unpaired) electrons. The Bertz CT molecular complexity index is 1020. The van der Waals surface area contributed by atoms with Crippen molar-refractivity contribution in [1.82, 2.24) is 20.2 Å². The quantitative estimate of drug-likeness (QED) is 0.641. The number of nitrogens with zero attached hydrogens (tertiary/aromatic N) is 4. The maximum Gasteiger partial charge on any atom is 0.418 e. The molecule has 10 heteroatoms. The summed E-state index contributed by atoms with van der Waals surface area (Å²) in [4.78, 5) is 13.2. The van der Waals surface area contributed by atoms with Gasteiger partial charge in [0, 0.05) is 5.56 Å². The molecule has 6 nitrogen and oxygen atoms in total. The number of anilines is 1. The van der Waals surface area contributed by atoms with E-state index in [4.69, 9.17) is 11.6 Å². The first-order valence-electron chi connectivity index (χ1n) is 8.69. The molecule has 0 saturated carbocycles. The molecule has 1 N–H and O–H groups in total. The van der Waals surface area contributed by atoms with Crippen LogP contribution < -0.4 is 5.32 Å². The van der Waals surface area contributed by atoms with Crippen molar-refractivity contribution in [2.75, 3.05) is 5.32 Å². The van der Waals surface area contributed by atoms with Gasteiger partial charge < -0.3 is 5.32 Å². The van der Waals surface area contributed by atoms with Gasteiger partial charge in [0.15, 0.2) is 0 Å². The predicted molar refractivity (Wildman–Crippen MR) is 102 cm³/mol. The third-order valence-corrected chi connectivity index (χ3v) is 4.47. The average molecular weight is 424 g/mol. The van der Waals surface area contributed by atoms with Gasteiger partial charge in [-0.25, -0.2) is 0 Å². The molecule has 1 heterocycles. The second-order valence-electron chi connectivity index (χ2n) is 6.63. The first kappa shape index (κ1) is 20.8. The van der Waals surface area contributed by atoms with Gasteiger partial charge in [-0.05, 0) is 28.8 Å². The largest absolute Gasteiger partial charge is 0.418 e. The molecule has 0 aliphatic heterocycles. The molecule has 0 atom stereocenters. The van der Waals surface area contributed by atoms with E-state index < -0.39 is 29.9 Å². The van der Waals surface area contributed by atoms with E-state index in [2.05, 4.69) is 34.6 Å². The zero-order valence-electron chi connectivity index (χ0n) is 15.5. The Morgan fingerprint density at radius 3 is 2.48 bits per heavy atom. The Kier molecular flexibility index (Phi) is 5.88. The number of nitrogens with one attached hydrogen (secondary N) is 1. The minimum atomic E-state index is -4.66. The molecule has 3 aromatic rings. The van der Waals surface area contributed by atoms with Gasteiger partial charge in [0.1, 0.15) is 6.54 Å². The lowest BCUT2D eigenvalue weighted by Crippen LogP contribution is -2.22. The molecule has 152 valence electrons. The lowest BCUT2D eigenvalue weighted by molar-refractivity contribution is -0.137. The van der Waals surface area contributed by atoms with Crippen LogP contribution in [-0.2, 0) is 17.5 Å². The molecule has 0 saturated heterocycles. The van der Waals surface area contributed by atoms with Crippen LogP contribution in [0, 0.1) is 0 Å². The zero-order chi connectivity index (χ0) is 21.2. The number of hydrogen-bond acceptors (Lipinski definition) is 4. The minimum Gasteiger partial charge on any atom is -0.323 e. The van der Waals surface area contributed by atoms with Gasteiger partial charge in [-0.1, -0.05) is 55.8 Å². The van der Waals surface area contributed by atoms with Gasteiger partial charge in [0.05, 0.1) is 16.3 Å². The summed E-state index contributed by atoms with van der Waals surface area (Å²) in [6.07, 6.45) is -4.66. The molecule has 0 fully saturated rings. The van der Waals surface area contributed by atoms with Crippen molar-refractivity contribution < 1.29 is 18.0 Å². The SMILES string of the molecule is CC(C)c1ccc(-c2nnn(CC(=O)Nc3c(Cl)cccc3C(F)(F)F)n2)cc1. The molecule has 0 unspecified atom stereocenters. The summed E-state index contributed by atoms with van der Waals surface area (Å²) < 4.78 is 39.4. The highest BCUT2D eigenvalue weighted by molar-refractivity contribution is 6.34. The van der Waals surface area contributed by atoms with Crippen LogP contribution >= 0.6 is 11.6 Å². The van der Waals surface area contributed by atoms with Crippen molar-refractivity contribution in [3.05, 3.63) is 58.6 Å². The van der Waals surface area contributed by atoms with Crippen molar-refractivity contribution >= 4 is 23.2 Å². The smallest absolute Gasteiger partial charge is 0.323 e. The molecular weight excluding hydrogens is 407 g/mol. The van der Waals surface area contributed by atoms with Crippen LogP contribution in [0.15, 0.2) is 42.5 Å². The minimum absolute atomic E-state index is 0.217. The van der Waals surface area contributed by atoms with Crippen molar-refractivity contribution in [3.8, 4) is 11.4 Å². The second kappa shape index (κ2) is 8.20. The van der Waals surface area contributed by atoms with E-state index in [1.165, 1.54) is 6.07 Å². The molecule has 0 aliphatic carbocycles. The van der Waals surface area contributed by atoms with E-state index in [-0.39, 0.29) is 5.02 Å². The van der Waals surface area contributed by atoms with Gasteiger partial charge in [0.2, 0.25) is 11.7 Å². The normalized spacial score (nSPS) is 11.7. The maximum absolute atomic E-state index is 13.1. The highest BCUT2D eigenvalue weighted by Crippen LogP contribution is 2.38. The van der Waals surface area contributed by atoms with Gasteiger partial charge >= 0.3 is 6.18 Å². The topological polar surface area (TPSA) is 72.7 Å². The second-order valence-corrected chi connectivity index (χ2v) is 7.04. The summed E-state index contributed by atoms with van der Waals surface area (Å²) in [7, 11) is 0. The Morgan fingerprint density at radius 1 is 1.17 bits per heavy atom. The van der Waals surface area contributed by atoms with Crippen LogP contribution in [0.1, 0.15) is 30.9 Å². The molecule has 2 aromatic carbocycles. The number of tetrazole rings is 1. The van der Waals surface area contributed by atoms with Gasteiger partial charge in [0.25, 0.3) is 0 Å². The highest BCUT2D eigenvalue weighted by Gasteiger charge is 2.34. The summed E-state index contributed by atoms with van der Waals surface area (Å²) in [6.45, 7) is 3.73. The zero-order valence-corrected chi connectivity index (χ0v) is 16.3. The lowest BCUT2D eigenvalue weighted by Gasteiger charge is -2.14. The summed E-state index contributed by atoms with van der Waals surface area (Å²) >= 11 is 5.84. The fraction of sp³-hybridized carbons (Fsp3) is 0.263. The predicted octanol–water partition coefficient (Wildman–Crippen LogP) is 4.77. The number of benzene rings is 2. The van der Waals surface area contributed by atoms with Crippen molar-refractivity contribution in [2.24, 2.45) is 0 Å². The third-order valence-electron chi connectivity index (χ3n) is 4.16. The summed E-state index contributed by atoms with van der Waals surface area (Å²) in [5, 5.41) is 13.8. The van der Waals surface area contributed by atoms with Crippen molar-refractivity contribution in [3.63, 3.8) is 0 Å². The van der Waals surface area contributed by atoms with Crippen LogP contribution in [0.5, 0.6) is 0 Å². The number of carbonyl (C=O) groups is 1. The van der Waals surface area contributed by atoms with E-state index in [9.17, 15) is 18.0 Å². The van der Waals surface area contributed by atoms with Gasteiger partial charge in [-0.15, -0.1) is 10.2 Å². The van der Waals surface area contributed by atoms with Crippen LogP contribution in [-0.4, -0.2) is 26.1 Å². The average Bonchev–Trinajstić information content (AvgIpc) is 3.11. The van der Waals surface area contributed by atoms with E-state index in [0.29, 0.717) is 17.3 Å². The molecule has 1 amide bonds. The van der Waals surface area contributed by atoms with E-state index >= 15 is 0 Å². The number of amides is 1. The first-order valence-corrected chi connectivity index (χ1v) is 9.06. The Hall–Kier alpha value is -2.94. The maximum atomic E-state index is 13.1. The monoisotopic (exact) mass is 423 g/mol. The number of carbonyl (C=O) groups excluding carboxylic acids is 1. The van der Waals surface area contributed by atoms with Gasteiger partial charge in [-0.2, -0.15) is 18.0 Å². The highest BCUT2D eigenvalue weighted by atomic mass is 35.5. The van der Waals surface area contributed by atoms with Crippen molar-refractivity contribution in [2.45, 2.75) is 32.5 Å². The van der Waals surface area contributed by atoms with E-state index in [0.717, 1.165) is 22.5 Å². The van der Waals surface area contributed by atoms with Crippen LogP contribution in [0.3, 0.4) is 0 Å². The molecule has 0 aliphatic rings. The number of aromatic nitrogens is 4. The third kappa shape index (κ3) is 4.92. The molecule has 29 heavy (non-hydrogen) atoms. The summed E-state index contributed by atoms with van der Waals surface area (Å²) in [5.41, 5.74) is 0.333. The molecular formula is C19H17ClF3N5O. The number of para-hydroxylation sites is 1. The van der Waals surface area contributed by atoms with Crippen molar-refractivity contribution in [1.29, 1.82) is 0 Å².